The molecule has 2 bridgehead atoms. The standard InChI is InChI=1S/C24H39N5O/c1-5-18(4)28-14-21-6-7-22(15-28)29(21)24-25-12-20(13-26-24)19-8-10-27(11-9-19)16-23(30)17(2)3/h12-13,17-19,21-22H,5-11,14-16H2,1-4H3. The van der Waals surface area contributed by atoms with E-state index in [1.165, 1.54) is 24.8 Å². The molecule has 3 unspecified atom stereocenters. The molecule has 4 rings (SSSR count). The predicted octanol–water partition coefficient (Wildman–Crippen LogP) is 3.33. The molecule has 0 saturated carbocycles. The first kappa shape index (κ1) is 21.7. The van der Waals surface area contributed by atoms with Crippen LogP contribution in [0, 0.1) is 5.92 Å². The molecule has 0 spiro atoms. The van der Waals surface area contributed by atoms with Crippen LogP contribution >= 0.6 is 0 Å². The number of rotatable bonds is 7. The van der Waals surface area contributed by atoms with E-state index in [0.717, 1.165) is 45.0 Å². The lowest BCUT2D eigenvalue weighted by molar-refractivity contribution is -0.123. The molecule has 6 heteroatoms. The molecule has 0 amide bonds. The van der Waals surface area contributed by atoms with E-state index < -0.39 is 0 Å². The molecule has 4 heterocycles. The van der Waals surface area contributed by atoms with E-state index in [1.807, 2.05) is 13.8 Å². The molecular weight excluding hydrogens is 374 g/mol. The smallest absolute Gasteiger partial charge is 0.225 e. The molecular formula is C24H39N5O. The molecule has 3 aliphatic rings. The maximum absolute atomic E-state index is 12.0. The lowest BCUT2D eigenvalue weighted by atomic mass is 9.91. The third-order valence-corrected chi connectivity index (χ3v) is 7.70. The maximum atomic E-state index is 12.0. The van der Waals surface area contributed by atoms with E-state index in [-0.39, 0.29) is 5.92 Å². The molecule has 0 aromatic carbocycles. The highest BCUT2D eigenvalue weighted by Crippen LogP contribution is 2.35. The molecule has 1 aromatic heterocycles. The topological polar surface area (TPSA) is 52.6 Å². The van der Waals surface area contributed by atoms with E-state index in [0.29, 0.717) is 36.4 Å². The second kappa shape index (κ2) is 9.31. The van der Waals surface area contributed by atoms with Crippen LogP contribution < -0.4 is 4.90 Å². The Bertz CT molecular complexity index is 699. The monoisotopic (exact) mass is 413 g/mol. The summed E-state index contributed by atoms with van der Waals surface area (Å²) in [6.45, 7) is 13.5. The summed E-state index contributed by atoms with van der Waals surface area (Å²) < 4.78 is 0. The Kier molecular flexibility index (Phi) is 6.73. The van der Waals surface area contributed by atoms with Crippen LogP contribution in [0.4, 0.5) is 5.95 Å². The van der Waals surface area contributed by atoms with Crippen LogP contribution in [0.3, 0.4) is 0 Å². The zero-order valence-electron chi connectivity index (χ0n) is 19.3. The van der Waals surface area contributed by atoms with Gasteiger partial charge in [0.05, 0.1) is 6.54 Å². The highest BCUT2D eigenvalue weighted by atomic mass is 16.1. The van der Waals surface area contributed by atoms with Crippen molar-refractivity contribution in [2.24, 2.45) is 5.92 Å². The fourth-order valence-corrected chi connectivity index (χ4v) is 5.38. The van der Waals surface area contributed by atoms with E-state index in [9.17, 15) is 4.79 Å². The number of hydrogen-bond acceptors (Lipinski definition) is 6. The number of fused-ring (bicyclic) bond motifs is 2. The van der Waals surface area contributed by atoms with Crippen molar-refractivity contribution >= 4 is 11.7 Å². The zero-order valence-corrected chi connectivity index (χ0v) is 19.3. The molecule has 0 aliphatic carbocycles. The summed E-state index contributed by atoms with van der Waals surface area (Å²) in [7, 11) is 0. The number of nitrogens with zero attached hydrogens (tertiary/aromatic N) is 5. The second-order valence-corrected chi connectivity index (χ2v) is 9.99. The normalized spacial score (nSPS) is 27.0. The SMILES string of the molecule is CCC(C)N1CC2CCC(C1)N2c1ncc(C2CCN(CC(=O)C(C)C)CC2)cn1. The van der Waals surface area contributed by atoms with Crippen molar-refractivity contribution in [2.45, 2.75) is 83.8 Å². The fourth-order valence-electron chi connectivity index (χ4n) is 5.38. The predicted molar refractivity (Wildman–Crippen MR) is 121 cm³/mol. The quantitative estimate of drug-likeness (QED) is 0.683. The molecule has 0 radical (unpaired) electrons. The third-order valence-electron chi connectivity index (χ3n) is 7.70. The second-order valence-electron chi connectivity index (χ2n) is 9.99. The average molecular weight is 414 g/mol. The molecule has 6 nitrogen and oxygen atoms in total. The van der Waals surface area contributed by atoms with Gasteiger partial charge in [0.15, 0.2) is 0 Å². The Morgan fingerprint density at radius 1 is 1.03 bits per heavy atom. The number of Topliss-reactive ketones (excluding diaryl/α,β-unsaturated/α-hetero) is 1. The summed E-state index contributed by atoms with van der Waals surface area (Å²) in [6, 6.07) is 1.79. The Morgan fingerprint density at radius 3 is 2.17 bits per heavy atom. The molecule has 3 atom stereocenters. The first-order chi connectivity index (χ1) is 14.5. The van der Waals surface area contributed by atoms with Crippen molar-refractivity contribution in [3.8, 4) is 0 Å². The van der Waals surface area contributed by atoms with Crippen molar-refractivity contribution in [3.05, 3.63) is 18.0 Å². The molecule has 3 aliphatic heterocycles. The van der Waals surface area contributed by atoms with Gasteiger partial charge in [-0.05, 0) is 63.6 Å². The van der Waals surface area contributed by atoms with Gasteiger partial charge in [-0.15, -0.1) is 0 Å². The van der Waals surface area contributed by atoms with Crippen LogP contribution in [-0.4, -0.2) is 76.4 Å². The minimum atomic E-state index is 0.131. The Labute approximate surface area is 182 Å². The highest BCUT2D eigenvalue weighted by Gasteiger charge is 2.42. The van der Waals surface area contributed by atoms with Crippen LogP contribution in [0.15, 0.2) is 12.4 Å². The Balaban J connectivity index is 1.34. The van der Waals surface area contributed by atoms with Gasteiger partial charge >= 0.3 is 0 Å². The van der Waals surface area contributed by atoms with Crippen LogP contribution in [0.1, 0.15) is 71.3 Å². The van der Waals surface area contributed by atoms with Gasteiger partial charge in [0, 0.05) is 49.5 Å². The third kappa shape index (κ3) is 4.54. The number of carbonyl (C=O) groups excluding carboxylic acids is 1. The average Bonchev–Trinajstić information content (AvgIpc) is 3.02. The van der Waals surface area contributed by atoms with Crippen molar-refractivity contribution in [1.82, 2.24) is 19.8 Å². The molecule has 166 valence electrons. The largest absolute Gasteiger partial charge is 0.332 e. The van der Waals surface area contributed by atoms with Gasteiger partial charge < -0.3 is 4.90 Å². The van der Waals surface area contributed by atoms with Gasteiger partial charge in [-0.2, -0.15) is 0 Å². The minimum absolute atomic E-state index is 0.131. The van der Waals surface area contributed by atoms with Crippen LogP contribution in [-0.2, 0) is 4.79 Å². The summed E-state index contributed by atoms with van der Waals surface area (Å²) in [4.78, 5) is 29.1. The maximum Gasteiger partial charge on any atom is 0.225 e. The summed E-state index contributed by atoms with van der Waals surface area (Å²) >= 11 is 0. The van der Waals surface area contributed by atoms with Gasteiger partial charge in [0.25, 0.3) is 0 Å². The minimum Gasteiger partial charge on any atom is -0.332 e. The van der Waals surface area contributed by atoms with Gasteiger partial charge in [-0.25, -0.2) is 9.97 Å². The first-order valence-corrected chi connectivity index (χ1v) is 12.1. The van der Waals surface area contributed by atoms with E-state index in [4.69, 9.17) is 9.97 Å². The Morgan fingerprint density at radius 2 is 1.63 bits per heavy atom. The van der Waals surface area contributed by atoms with Crippen LogP contribution in [0.2, 0.25) is 0 Å². The van der Waals surface area contributed by atoms with Crippen LogP contribution in [0.25, 0.3) is 0 Å². The number of anilines is 1. The fraction of sp³-hybridized carbons (Fsp3) is 0.792. The van der Waals surface area contributed by atoms with Gasteiger partial charge in [0.1, 0.15) is 5.78 Å². The van der Waals surface area contributed by atoms with E-state index >= 15 is 0 Å². The number of piperidine rings is 1. The first-order valence-electron chi connectivity index (χ1n) is 12.1. The number of hydrogen-bond donors (Lipinski definition) is 0. The Hall–Kier alpha value is -1.53. The number of likely N-dealkylation sites (tertiary alicyclic amines) is 2. The van der Waals surface area contributed by atoms with Crippen molar-refractivity contribution in [3.63, 3.8) is 0 Å². The molecule has 30 heavy (non-hydrogen) atoms. The van der Waals surface area contributed by atoms with Gasteiger partial charge in [0.2, 0.25) is 5.95 Å². The molecule has 1 aromatic rings. The van der Waals surface area contributed by atoms with Crippen molar-refractivity contribution < 1.29 is 4.79 Å². The van der Waals surface area contributed by atoms with Crippen molar-refractivity contribution in [1.29, 1.82) is 0 Å². The number of ketones is 1. The van der Waals surface area contributed by atoms with E-state index in [2.05, 4.69) is 40.9 Å². The van der Waals surface area contributed by atoms with Gasteiger partial charge in [-0.1, -0.05) is 20.8 Å². The van der Waals surface area contributed by atoms with E-state index in [1.54, 1.807) is 0 Å². The lowest BCUT2D eigenvalue weighted by Gasteiger charge is -2.43. The summed E-state index contributed by atoms with van der Waals surface area (Å²) in [6.07, 6.45) is 10.1. The molecule has 3 fully saturated rings. The number of piperazine rings is 1. The zero-order chi connectivity index (χ0) is 21.3. The lowest BCUT2D eigenvalue weighted by Crippen LogP contribution is -2.56. The number of aromatic nitrogens is 2. The molecule has 0 N–H and O–H groups in total. The van der Waals surface area contributed by atoms with Crippen molar-refractivity contribution in [2.75, 3.05) is 37.6 Å². The summed E-state index contributed by atoms with van der Waals surface area (Å²) in [5.74, 6) is 1.92. The summed E-state index contributed by atoms with van der Waals surface area (Å²) in [5.41, 5.74) is 1.26. The van der Waals surface area contributed by atoms with Gasteiger partial charge in [-0.3, -0.25) is 14.6 Å². The number of carbonyl (C=O) groups is 1. The van der Waals surface area contributed by atoms with Crippen LogP contribution in [0.5, 0.6) is 0 Å². The highest BCUT2D eigenvalue weighted by molar-refractivity contribution is 5.82. The molecule has 3 saturated heterocycles. The summed E-state index contributed by atoms with van der Waals surface area (Å²) in [5, 5.41) is 0.